The Labute approximate surface area is 110 Å². The van der Waals surface area contributed by atoms with Crippen LogP contribution in [0.1, 0.15) is 12.0 Å². The van der Waals surface area contributed by atoms with Crippen molar-refractivity contribution >= 4 is 26.0 Å². The van der Waals surface area contributed by atoms with Gasteiger partial charge >= 0.3 is 0 Å². The summed E-state index contributed by atoms with van der Waals surface area (Å²) in [5, 5.41) is 3.13. The molecular formula is C11H15BrN2O2S. The predicted molar refractivity (Wildman–Crippen MR) is 70.5 cm³/mol. The second kappa shape index (κ2) is 5.06. The van der Waals surface area contributed by atoms with E-state index in [1.54, 1.807) is 18.2 Å². The van der Waals surface area contributed by atoms with E-state index in [4.69, 9.17) is 0 Å². The molecule has 1 aliphatic rings. The highest BCUT2D eigenvalue weighted by atomic mass is 79.9. The van der Waals surface area contributed by atoms with Crippen LogP contribution in [0, 0.1) is 6.92 Å². The molecule has 94 valence electrons. The summed E-state index contributed by atoms with van der Waals surface area (Å²) in [6.45, 7) is 3.45. The first-order valence-electron chi connectivity index (χ1n) is 5.48. The lowest BCUT2D eigenvalue weighted by molar-refractivity contribution is 0.560. The van der Waals surface area contributed by atoms with Gasteiger partial charge in [0.25, 0.3) is 0 Å². The highest BCUT2D eigenvalue weighted by Gasteiger charge is 2.22. The largest absolute Gasteiger partial charge is 0.315 e. The average molecular weight is 319 g/mol. The maximum absolute atomic E-state index is 12.1. The molecule has 0 spiro atoms. The monoisotopic (exact) mass is 318 g/mol. The second-order valence-electron chi connectivity index (χ2n) is 4.22. The Morgan fingerprint density at radius 2 is 2.24 bits per heavy atom. The van der Waals surface area contributed by atoms with Crippen molar-refractivity contribution in [3.63, 3.8) is 0 Å². The fraction of sp³-hybridized carbons (Fsp3) is 0.455. The zero-order valence-electron chi connectivity index (χ0n) is 9.53. The van der Waals surface area contributed by atoms with Crippen LogP contribution in [0.4, 0.5) is 0 Å². The molecule has 1 aliphatic heterocycles. The molecule has 17 heavy (non-hydrogen) atoms. The van der Waals surface area contributed by atoms with Crippen molar-refractivity contribution in [1.82, 2.24) is 10.0 Å². The molecule has 0 amide bonds. The molecule has 4 nitrogen and oxygen atoms in total. The van der Waals surface area contributed by atoms with Crippen molar-refractivity contribution in [1.29, 1.82) is 0 Å². The number of benzene rings is 1. The van der Waals surface area contributed by atoms with Gasteiger partial charge in [0.1, 0.15) is 0 Å². The number of nitrogens with one attached hydrogen (secondary N) is 2. The minimum absolute atomic E-state index is 0.00366. The molecule has 2 rings (SSSR count). The molecule has 6 heteroatoms. The number of sulfonamides is 1. The molecule has 0 saturated carbocycles. The van der Waals surface area contributed by atoms with E-state index in [2.05, 4.69) is 26.0 Å². The van der Waals surface area contributed by atoms with Gasteiger partial charge in [0.2, 0.25) is 10.0 Å². The first-order chi connectivity index (χ1) is 7.99. The van der Waals surface area contributed by atoms with Crippen LogP contribution in [0.2, 0.25) is 0 Å². The maximum atomic E-state index is 12.1. The summed E-state index contributed by atoms with van der Waals surface area (Å²) in [5.74, 6) is 0. The summed E-state index contributed by atoms with van der Waals surface area (Å²) in [5.41, 5.74) is 0.914. The quantitative estimate of drug-likeness (QED) is 0.885. The smallest absolute Gasteiger partial charge is 0.240 e. The fourth-order valence-corrected chi connectivity index (χ4v) is 3.43. The van der Waals surface area contributed by atoms with Gasteiger partial charge in [0, 0.05) is 17.1 Å². The van der Waals surface area contributed by atoms with Gasteiger partial charge in [-0.05, 0) is 43.7 Å². The van der Waals surface area contributed by atoms with Gasteiger partial charge in [-0.25, -0.2) is 13.1 Å². The number of halogens is 1. The van der Waals surface area contributed by atoms with E-state index in [0.717, 1.165) is 23.0 Å². The molecular weight excluding hydrogens is 304 g/mol. The Balaban J connectivity index is 2.21. The molecule has 1 saturated heterocycles. The van der Waals surface area contributed by atoms with Crippen LogP contribution in [-0.2, 0) is 10.0 Å². The van der Waals surface area contributed by atoms with Gasteiger partial charge < -0.3 is 5.32 Å². The van der Waals surface area contributed by atoms with E-state index >= 15 is 0 Å². The minimum atomic E-state index is -3.39. The molecule has 1 fully saturated rings. The molecule has 0 radical (unpaired) electrons. The first-order valence-corrected chi connectivity index (χ1v) is 7.76. The van der Waals surface area contributed by atoms with Crippen molar-refractivity contribution in [2.24, 2.45) is 0 Å². The molecule has 1 atom stereocenters. The molecule has 0 aromatic heterocycles. The second-order valence-corrected chi connectivity index (χ2v) is 6.79. The Bertz CT molecular complexity index is 510. The van der Waals surface area contributed by atoms with Crippen molar-refractivity contribution in [2.45, 2.75) is 24.3 Å². The van der Waals surface area contributed by atoms with E-state index in [1.807, 2.05) is 6.92 Å². The van der Waals surface area contributed by atoms with E-state index < -0.39 is 10.0 Å². The third-order valence-corrected chi connectivity index (χ3v) is 5.23. The highest BCUT2D eigenvalue weighted by Crippen LogP contribution is 2.20. The van der Waals surface area contributed by atoms with E-state index in [0.29, 0.717) is 11.4 Å². The van der Waals surface area contributed by atoms with Gasteiger partial charge in [0.05, 0.1) is 4.90 Å². The summed E-state index contributed by atoms with van der Waals surface area (Å²) in [7, 11) is -3.39. The maximum Gasteiger partial charge on any atom is 0.240 e. The third-order valence-electron chi connectivity index (χ3n) is 2.82. The van der Waals surface area contributed by atoms with Crippen LogP contribution in [0.15, 0.2) is 27.6 Å². The Hall–Kier alpha value is -0.430. The van der Waals surface area contributed by atoms with Gasteiger partial charge in [0.15, 0.2) is 0 Å². The summed E-state index contributed by atoms with van der Waals surface area (Å²) >= 11 is 3.36. The van der Waals surface area contributed by atoms with E-state index in [1.165, 1.54) is 0 Å². The molecule has 1 aromatic carbocycles. The molecule has 2 N–H and O–H groups in total. The lowest BCUT2D eigenvalue weighted by Gasteiger charge is -2.12. The standard InChI is InChI=1S/C11H15BrN2O2S/c1-8-6-10(2-3-11(8)12)17(15,16)14-9-4-5-13-7-9/h2-3,6,9,13-14H,4-5,7H2,1H3/t9-/m1/s1. The molecule has 0 bridgehead atoms. The Morgan fingerprint density at radius 1 is 1.47 bits per heavy atom. The third kappa shape index (κ3) is 3.07. The topological polar surface area (TPSA) is 58.2 Å². The van der Waals surface area contributed by atoms with Gasteiger partial charge in [-0.15, -0.1) is 0 Å². The van der Waals surface area contributed by atoms with Crippen molar-refractivity contribution < 1.29 is 8.42 Å². The van der Waals surface area contributed by atoms with Crippen LogP contribution in [0.5, 0.6) is 0 Å². The average Bonchev–Trinajstić information content (AvgIpc) is 2.73. The van der Waals surface area contributed by atoms with E-state index in [9.17, 15) is 8.42 Å². The number of aryl methyl sites for hydroxylation is 1. The normalized spacial score (nSPS) is 20.7. The van der Waals surface area contributed by atoms with Crippen LogP contribution in [0.3, 0.4) is 0 Å². The molecule has 1 aromatic rings. The first kappa shape index (κ1) is 13.0. The van der Waals surface area contributed by atoms with Crippen LogP contribution in [-0.4, -0.2) is 27.5 Å². The summed E-state index contributed by atoms with van der Waals surface area (Å²) in [4.78, 5) is 0.324. The fourth-order valence-electron chi connectivity index (χ4n) is 1.83. The molecule has 0 aliphatic carbocycles. The highest BCUT2D eigenvalue weighted by molar-refractivity contribution is 9.10. The summed E-state index contributed by atoms with van der Waals surface area (Å²) in [6.07, 6.45) is 0.842. The minimum Gasteiger partial charge on any atom is -0.315 e. The molecule has 1 heterocycles. The van der Waals surface area contributed by atoms with Gasteiger partial charge in [-0.1, -0.05) is 15.9 Å². The van der Waals surface area contributed by atoms with Crippen LogP contribution >= 0.6 is 15.9 Å². The lowest BCUT2D eigenvalue weighted by atomic mass is 10.2. The van der Waals surface area contributed by atoms with Gasteiger partial charge in [-0.2, -0.15) is 0 Å². The Morgan fingerprint density at radius 3 is 2.82 bits per heavy atom. The number of hydrogen-bond donors (Lipinski definition) is 2. The zero-order valence-corrected chi connectivity index (χ0v) is 11.9. The summed E-state index contributed by atoms with van der Waals surface area (Å²) < 4.78 is 27.8. The summed E-state index contributed by atoms with van der Waals surface area (Å²) in [6, 6.07) is 5.05. The van der Waals surface area contributed by atoms with Crippen molar-refractivity contribution in [2.75, 3.05) is 13.1 Å². The lowest BCUT2D eigenvalue weighted by Crippen LogP contribution is -2.36. The van der Waals surface area contributed by atoms with Crippen LogP contribution in [0.25, 0.3) is 0 Å². The van der Waals surface area contributed by atoms with Crippen molar-refractivity contribution in [3.05, 3.63) is 28.2 Å². The predicted octanol–water partition coefficient (Wildman–Crippen LogP) is 1.40. The molecule has 0 unspecified atom stereocenters. The Kier molecular flexibility index (Phi) is 3.87. The van der Waals surface area contributed by atoms with Crippen molar-refractivity contribution in [3.8, 4) is 0 Å². The van der Waals surface area contributed by atoms with Crippen LogP contribution < -0.4 is 10.0 Å². The van der Waals surface area contributed by atoms with Gasteiger partial charge in [-0.3, -0.25) is 0 Å². The number of hydrogen-bond acceptors (Lipinski definition) is 3. The van der Waals surface area contributed by atoms with E-state index in [-0.39, 0.29) is 6.04 Å². The number of rotatable bonds is 3. The zero-order chi connectivity index (χ0) is 12.5. The SMILES string of the molecule is Cc1cc(S(=O)(=O)N[C@@H]2CCNC2)ccc1Br.